The molecule has 0 radical (unpaired) electrons. The third-order valence-electron chi connectivity index (χ3n) is 3.10. The number of amides is 1. The number of carbonyl (C=O) groups excluding carboxylic acids is 1. The third-order valence-corrected chi connectivity index (χ3v) is 4.78. The Labute approximate surface area is 141 Å². The van der Waals surface area contributed by atoms with Crippen LogP contribution in [0.5, 0.6) is 0 Å². The van der Waals surface area contributed by atoms with Crippen LogP contribution < -0.4 is 0 Å². The molecule has 0 aliphatic carbocycles. The minimum atomic E-state index is -0.842. The van der Waals surface area contributed by atoms with Crippen LogP contribution in [0, 0.1) is 0 Å². The maximum Gasteiger partial charge on any atom is 0.303 e. The van der Waals surface area contributed by atoms with E-state index in [-0.39, 0.29) is 12.3 Å². The first-order valence-electron chi connectivity index (χ1n) is 6.85. The predicted molar refractivity (Wildman–Crippen MR) is 90.1 cm³/mol. The van der Waals surface area contributed by atoms with Crippen molar-refractivity contribution in [2.45, 2.75) is 19.4 Å². The van der Waals surface area contributed by atoms with E-state index in [4.69, 9.17) is 5.11 Å². The molecular weight excluding hydrogens is 366 g/mol. The van der Waals surface area contributed by atoms with Crippen molar-refractivity contribution in [1.82, 2.24) is 4.90 Å². The summed E-state index contributed by atoms with van der Waals surface area (Å²) in [6.07, 6.45) is 0.507. The van der Waals surface area contributed by atoms with E-state index in [0.29, 0.717) is 24.4 Å². The van der Waals surface area contributed by atoms with Crippen LogP contribution in [-0.4, -0.2) is 28.4 Å². The molecule has 1 heterocycles. The lowest BCUT2D eigenvalue weighted by atomic mass is 10.2. The van der Waals surface area contributed by atoms with Gasteiger partial charge < -0.3 is 10.0 Å². The molecule has 2 rings (SSSR count). The maximum absolute atomic E-state index is 12.6. The topological polar surface area (TPSA) is 57.6 Å². The molecule has 0 aliphatic rings. The Morgan fingerprint density at radius 3 is 2.55 bits per heavy atom. The Balaban J connectivity index is 2.09. The molecule has 1 aromatic carbocycles. The highest BCUT2D eigenvalue weighted by atomic mass is 79.9. The Kier molecular flexibility index (Phi) is 6.15. The first-order valence-corrected chi connectivity index (χ1v) is 8.52. The first-order chi connectivity index (χ1) is 10.6. The van der Waals surface area contributed by atoms with E-state index in [2.05, 4.69) is 15.9 Å². The minimum Gasteiger partial charge on any atom is -0.481 e. The highest BCUT2D eigenvalue weighted by Crippen LogP contribution is 2.22. The summed E-state index contributed by atoms with van der Waals surface area (Å²) in [6, 6.07) is 11.5. The fourth-order valence-corrected chi connectivity index (χ4v) is 3.45. The molecule has 0 spiro atoms. The van der Waals surface area contributed by atoms with E-state index in [1.54, 1.807) is 11.0 Å². The van der Waals surface area contributed by atoms with E-state index in [0.717, 1.165) is 10.0 Å². The maximum atomic E-state index is 12.6. The average molecular weight is 382 g/mol. The number of hydrogen-bond donors (Lipinski definition) is 1. The summed E-state index contributed by atoms with van der Waals surface area (Å²) in [5, 5.41) is 10.6. The summed E-state index contributed by atoms with van der Waals surface area (Å²) in [7, 11) is 0. The normalized spacial score (nSPS) is 10.4. The highest BCUT2D eigenvalue weighted by molar-refractivity contribution is 9.10. The monoisotopic (exact) mass is 381 g/mol. The van der Waals surface area contributed by atoms with Gasteiger partial charge in [-0.1, -0.05) is 30.3 Å². The summed E-state index contributed by atoms with van der Waals surface area (Å²) in [5.41, 5.74) is 1.03. The van der Waals surface area contributed by atoms with E-state index in [9.17, 15) is 9.59 Å². The van der Waals surface area contributed by atoms with E-state index >= 15 is 0 Å². The molecule has 1 N–H and O–H groups in total. The Morgan fingerprint density at radius 1 is 1.23 bits per heavy atom. The molecule has 1 aromatic heterocycles. The van der Waals surface area contributed by atoms with Crippen LogP contribution in [0.3, 0.4) is 0 Å². The van der Waals surface area contributed by atoms with Crippen LogP contribution in [0.15, 0.2) is 46.3 Å². The highest BCUT2D eigenvalue weighted by Gasteiger charge is 2.18. The number of carboxylic acids is 1. The number of benzene rings is 1. The molecule has 0 aliphatic heterocycles. The average Bonchev–Trinajstić information content (AvgIpc) is 2.93. The molecule has 2 aromatic rings. The van der Waals surface area contributed by atoms with Crippen molar-refractivity contribution in [3.63, 3.8) is 0 Å². The lowest BCUT2D eigenvalue weighted by Crippen LogP contribution is -2.31. The van der Waals surface area contributed by atoms with Crippen LogP contribution in [0.1, 0.15) is 28.1 Å². The van der Waals surface area contributed by atoms with Gasteiger partial charge in [-0.3, -0.25) is 9.59 Å². The molecule has 0 saturated carbocycles. The fourth-order valence-electron chi connectivity index (χ4n) is 2.06. The number of aliphatic carboxylic acids is 1. The fraction of sp³-hybridized carbons (Fsp3) is 0.250. The molecule has 4 nitrogen and oxygen atoms in total. The van der Waals surface area contributed by atoms with Crippen molar-refractivity contribution in [2.24, 2.45) is 0 Å². The first kappa shape index (κ1) is 16.7. The van der Waals surface area contributed by atoms with Gasteiger partial charge in [0.25, 0.3) is 5.91 Å². The molecule has 0 bridgehead atoms. The van der Waals surface area contributed by atoms with E-state index in [1.165, 1.54) is 11.3 Å². The lowest BCUT2D eigenvalue weighted by molar-refractivity contribution is -0.137. The number of thiophene rings is 1. The van der Waals surface area contributed by atoms with Gasteiger partial charge in [0, 0.05) is 29.4 Å². The summed E-state index contributed by atoms with van der Waals surface area (Å²) >= 11 is 4.73. The molecular formula is C16H16BrNO3S. The van der Waals surface area contributed by atoms with Gasteiger partial charge in [-0.2, -0.15) is 0 Å². The zero-order valence-corrected chi connectivity index (χ0v) is 14.3. The van der Waals surface area contributed by atoms with Gasteiger partial charge in [0.05, 0.1) is 4.88 Å². The van der Waals surface area contributed by atoms with E-state index in [1.807, 2.05) is 35.7 Å². The van der Waals surface area contributed by atoms with Gasteiger partial charge in [0.15, 0.2) is 0 Å². The largest absolute Gasteiger partial charge is 0.481 e. The standard InChI is InChI=1S/C16H16BrNO3S/c17-13-9-14(22-11-13)16(21)18(8-4-7-15(19)20)10-12-5-2-1-3-6-12/h1-3,5-6,9,11H,4,7-8,10H2,(H,19,20). The van der Waals surface area contributed by atoms with Gasteiger partial charge in [-0.05, 0) is 34.0 Å². The van der Waals surface area contributed by atoms with Crippen molar-refractivity contribution >= 4 is 39.1 Å². The smallest absolute Gasteiger partial charge is 0.303 e. The second kappa shape index (κ2) is 8.10. The van der Waals surface area contributed by atoms with Crippen LogP contribution in [0.25, 0.3) is 0 Å². The number of rotatable bonds is 7. The van der Waals surface area contributed by atoms with Gasteiger partial charge in [0.1, 0.15) is 0 Å². The predicted octanol–water partition coefficient (Wildman–Crippen LogP) is 4.02. The van der Waals surface area contributed by atoms with Crippen LogP contribution in [-0.2, 0) is 11.3 Å². The summed E-state index contributed by atoms with van der Waals surface area (Å²) in [5.74, 6) is -0.907. The van der Waals surface area contributed by atoms with Crippen LogP contribution in [0.4, 0.5) is 0 Å². The van der Waals surface area contributed by atoms with Crippen LogP contribution >= 0.6 is 27.3 Å². The lowest BCUT2D eigenvalue weighted by Gasteiger charge is -2.22. The molecule has 6 heteroatoms. The third kappa shape index (κ3) is 4.96. The van der Waals surface area contributed by atoms with Crippen molar-refractivity contribution in [2.75, 3.05) is 6.54 Å². The minimum absolute atomic E-state index is 0.0622. The summed E-state index contributed by atoms with van der Waals surface area (Å²) in [4.78, 5) is 25.6. The van der Waals surface area contributed by atoms with Crippen molar-refractivity contribution in [1.29, 1.82) is 0 Å². The second-order valence-corrected chi connectivity index (χ2v) is 6.67. The zero-order chi connectivity index (χ0) is 15.9. The SMILES string of the molecule is O=C(O)CCCN(Cc1ccccc1)C(=O)c1cc(Br)cs1. The summed E-state index contributed by atoms with van der Waals surface area (Å²) in [6.45, 7) is 0.907. The molecule has 22 heavy (non-hydrogen) atoms. The zero-order valence-electron chi connectivity index (χ0n) is 11.9. The number of carbonyl (C=O) groups is 2. The molecule has 1 amide bonds. The number of carboxylic acid groups (broad SMARTS) is 1. The molecule has 0 fully saturated rings. The van der Waals surface area contributed by atoms with Gasteiger partial charge >= 0.3 is 5.97 Å². The van der Waals surface area contributed by atoms with Crippen molar-refractivity contribution < 1.29 is 14.7 Å². The Bertz CT molecular complexity index is 642. The van der Waals surface area contributed by atoms with Gasteiger partial charge in [-0.15, -0.1) is 11.3 Å². The van der Waals surface area contributed by atoms with Crippen molar-refractivity contribution in [3.8, 4) is 0 Å². The van der Waals surface area contributed by atoms with Crippen molar-refractivity contribution in [3.05, 3.63) is 56.7 Å². The molecule has 0 atom stereocenters. The number of nitrogens with zero attached hydrogens (tertiary/aromatic N) is 1. The van der Waals surface area contributed by atoms with Gasteiger partial charge in [0.2, 0.25) is 0 Å². The Morgan fingerprint density at radius 2 is 1.95 bits per heavy atom. The summed E-state index contributed by atoms with van der Waals surface area (Å²) < 4.78 is 0.881. The number of halogens is 1. The molecule has 0 unspecified atom stereocenters. The molecule has 116 valence electrons. The molecule has 0 saturated heterocycles. The van der Waals surface area contributed by atoms with E-state index < -0.39 is 5.97 Å². The second-order valence-electron chi connectivity index (χ2n) is 4.84. The Hall–Kier alpha value is -1.66. The quantitative estimate of drug-likeness (QED) is 0.787. The van der Waals surface area contributed by atoms with Gasteiger partial charge in [-0.25, -0.2) is 0 Å². The number of hydrogen-bond acceptors (Lipinski definition) is 3. The van der Waals surface area contributed by atoms with Crippen LogP contribution in [0.2, 0.25) is 0 Å².